The fourth-order valence-electron chi connectivity index (χ4n) is 11.0. The number of amides is 6. The lowest BCUT2D eigenvalue weighted by Crippen LogP contribution is -2.41. The molecule has 0 fully saturated rings. The fraction of sp³-hybridized carbons (Fsp3) is 0.244. The Morgan fingerprint density at radius 3 is 0.959 bits per heavy atom. The number of nitrogens with one attached hydrogen (secondary N) is 6. The average molecular weight is 1730 g/mol. The van der Waals surface area contributed by atoms with Crippen LogP contribution in [0.1, 0.15) is 64.3 Å². The number of halogens is 3. The highest BCUT2D eigenvalue weighted by molar-refractivity contribution is 6.61. The normalized spacial score (nSPS) is 10.8. The highest BCUT2D eigenvalue weighted by Crippen LogP contribution is 2.24. The molecule has 6 amide bonds. The molecule has 0 saturated carbocycles. The molecule has 0 radical (unpaired) electrons. The molecule has 0 bridgehead atoms. The number of aromatic amines is 4. The van der Waals surface area contributed by atoms with E-state index in [0.717, 1.165) is 84.7 Å². The van der Waals surface area contributed by atoms with Crippen LogP contribution in [0.25, 0.3) is 67.9 Å². The molecule has 0 unspecified atom stereocenters. The molecule has 122 heavy (non-hydrogen) atoms. The number of para-hydroxylation sites is 8. The number of carbonyl (C=O) groups excluding carboxylic acids is 7. The Morgan fingerprint density at radius 1 is 0.385 bits per heavy atom. The van der Waals surface area contributed by atoms with Gasteiger partial charge in [-0.25, -0.2) is 24.0 Å². The summed E-state index contributed by atoms with van der Waals surface area (Å²) in [5.74, 6) is -1.44. The van der Waals surface area contributed by atoms with Crippen molar-refractivity contribution < 1.29 is 62.4 Å². The maximum atomic E-state index is 13.1. The lowest BCUT2D eigenvalue weighted by atomic mass is 10.2. The molecule has 8 aromatic carbocycles. The number of aliphatic carboxylic acids is 1. The first kappa shape index (κ1) is 99.0. The summed E-state index contributed by atoms with van der Waals surface area (Å²) >= 11 is 4.60. The van der Waals surface area contributed by atoms with Crippen LogP contribution in [-0.2, 0) is 38.1 Å². The summed E-state index contributed by atoms with van der Waals surface area (Å²) in [5.41, 5.74) is 8.13. The number of likely N-dealkylation sites (N-methyl/N-ethyl adjacent to an activating group) is 4. The van der Waals surface area contributed by atoms with E-state index in [4.69, 9.17) is 19.3 Å². The van der Waals surface area contributed by atoms with Gasteiger partial charge in [0.1, 0.15) is 11.2 Å². The van der Waals surface area contributed by atoms with Gasteiger partial charge in [0.25, 0.3) is 17.7 Å². The van der Waals surface area contributed by atoms with Gasteiger partial charge in [0.15, 0.2) is 0 Å². The molecule has 12 aromatic rings. The molecule has 644 valence electrons. The van der Waals surface area contributed by atoms with Crippen LogP contribution in [0.2, 0.25) is 0 Å². The zero-order chi connectivity index (χ0) is 87.0. The van der Waals surface area contributed by atoms with Crippen molar-refractivity contribution in [1.82, 2.24) is 60.8 Å². The second-order valence-corrected chi connectivity index (χ2v) is 28.6. The van der Waals surface area contributed by atoms with E-state index in [1.54, 1.807) is 65.0 Å². The Morgan fingerprint density at radius 2 is 0.664 bits per heavy atom. The number of carboxylic acids is 1. The van der Waals surface area contributed by atoms with Crippen LogP contribution in [0.5, 0.6) is 0 Å². The third-order valence-corrected chi connectivity index (χ3v) is 17.2. The van der Waals surface area contributed by atoms with E-state index < -0.39 is 34.8 Å². The number of methoxy groups -OCH3 is 2. The van der Waals surface area contributed by atoms with E-state index in [2.05, 4.69) is 67.8 Å². The van der Waals surface area contributed by atoms with E-state index in [0.29, 0.717) is 62.9 Å². The van der Waals surface area contributed by atoms with Gasteiger partial charge in [-0.15, -0.1) is 24.8 Å². The molecule has 12 rings (SSSR count). The number of fused-ring (bicyclic) bond motifs is 4. The van der Waals surface area contributed by atoms with Gasteiger partial charge in [-0.3, -0.25) is 34.8 Å². The standard InChI is InChI=1S/C24H28N4O3.C21H22N4O3.C19H20N4O.C14H22N2O2.C10H8N2O2.C2H3ClO2.2ClH/c1-24(2,3)31-23(30)27(4)16-17-28(18-10-6-5-7-11-18)22(29)15-14-21-19-12-8-9-13-20(19)25-26-21;1-24(21(27)28-2)14-15-25(16-8-4-3-5-9-16)20(26)13-12-19-17-10-6-7-11-18(17)22-23-19;1-20-13-14-23(15-7-3-2-4-8-15)19(24)12-11-18-16-9-5-6-10-17(16)21-22-18;1-14(2,3)18-13(17)16(4)11-10-15-12-8-6-5-7-9-12;13-10(14)6-5-9-7-3-1-2-4-8(7)11-12-9;1-5-2(3)4;;/h5-15H,16-17H2,1-4H3,(H,25,26);3-13H,14-15H2,1-2H3,(H,22,23);2-12,20H,13-14H2,1H3,(H,21,22);5-9,15H,10-11H2,1-4H3;1-6H,(H,11,12)(H,13,14);1H3;2*1H/b15-14+;13-12+;12-11+;;6-5+;;;. The van der Waals surface area contributed by atoms with Crippen molar-refractivity contribution in [3.63, 3.8) is 0 Å². The van der Waals surface area contributed by atoms with Crippen LogP contribution in [0.4, 0.5) is 41.9 Å². The highest BCUT2D eigenvalue weighted by Gasteiger charge is 2.24. The van der Waals surface area contributed by atoms with Crippen molar-refractivity contribution in [2.75, 3.05) is 115 Å². The van der Waals surface area contributed by atoms with E-state index in [9.17, 15) is 38.4 Å². The molecule has 0 spiro atoms. The van der Waals surface area contributed by atoms with Gasteiger partial charge in [0, 0.05) is 154 Å². The van der Waals surface area contributed by atoms with Gasteiger partial charge in [0.05, 0.1) is 59.1 Å². The summed E-state index contributed by atoms with van der Waals surface area (Å²) in [6, 6.07) is 69.2. The first-order valence-electron chi connectivity index (χ1n) is 38.2. The zero-order valence-corrected chi connectivity index (χ0v) is 72.5. The van der Waals surface area contributed by atoms with Gasteiger partial charge in [0.2, 0.25) is 0 Å². The minimum Gasteiger partial charge on any atom is -0.478 e. The van der Waals surface area contributed by atoms with E-state index in [1.165, 1.54) is 42.2 Å². The number of benzene rings is 8. The van der Waals surface area contributed by atoms with Crippen molar-refractivity contribution >= 4 is 174 Å². The second-order valence-electron chi connectivity index (χ2n) is 28.3. The van der Waals surface area contributed by atoms with Gasteiger partial charge < -0.3 is 64.1 Å². The number of carbonyl (C=O) groups is 8. The summed E-state index contributed by atoms with van der Waals surface area (Å²) in [6.45, 7) is 15.0. The third kappa shape index (κ3) is 33.3. The molecule has 4 aromatic heterocycles. The quantitative estimate of drug-likeness (QED) is 0.0168. The van der Waals surface area contributed by atoms with Crippen LogP contribution in [0, 0.1) is 0 Å². The van der Waals surface area contributed by atoms with Gasteiger partial charge >= 0.3 is 29.7 Å². The molecular formula is C90H105Cl3N16O13. The van der Waals surface area contributed by atoms with Gasteiger partial charge in [-0.1, -0.05) is 146 Å². The first-order chi connectivity index (χ1) is 57.6. The first-order valence-corrected chi connectivity index (χ1v) is 38.6. The number of carboxylic acid groups (broad SMARTS) is 1. The Hall–Kier alpha value is -13.6. The monoisotopic (exact) mass is 1720 g/mol. The smallest absolute Gasteiger partial charge is 0.410 e. The number of hydrogen-bond donors (Lipinski definition) is 7. The van der Waals surface area contributed by atoms with Crippen molar-refractivity contribution in [3.8, 4) is 0 Å². The summed E-state index contributed by atoms with van der Waals surface area (Å²) < 4.78 is 19.2. The molecular weight excluding hydrogens is 1620 g/mol. The molecule has 0 saturated heterocycles. The molecule has 4 heterocycles. The second kappa shape index (κ2) is 51.0. The number of anilines is 4. The van der Waals surface area contributed by atoms with Crippen LogP contribution in [-0.4, -0.2) is 214 Å². The van der Waals surface area contributed by atoms with Crippen LogP contribution < -0.4 is 25.3 Å². The van der Waals surface area contributed by atoms with Crippen molar-refractivity contribution in [2.45, 2.75) is 52.7 Å². The number of H-pyrrole nitrogens is 4. The SMILES string of the molecule is CN(CCN(C(=O)/C=C/c1n[nH]c2ccccc12)c1ccccc1)C(=O)OC(C)(C)C.CN(CCNc1ccccc1)C(=O)OC(C)(C)C.CNCCN(C(=O)/C=C/c1n[nH]c2ccccc12)c1ccccc1.COC(=O)Cl.COC(=O)N(C)CCN(C(=O)/C=C/c1n[nH]c2ccccc12)c1ccccc1.Cl.Cl.O=C(O)/C=C/c1n[nH]c2ccccc12. The molecule has 7 N–H and O–H groups in total. The van der Waals surface area contributed by atoms with Crippen LogP contribution in [0.15, 0.2) is 243 Å². The lowest BCUT2D eigenvalue weighted by molar-refractivity contribution is -0.131. The Bertz CT molecular complexity index is 5380. The highest BCUT2D eigenvalue weighted by atomic mass is 35.5. The predicted molar refractivity (Wildman–Crippen MR) is 489 cm³/mol. The molecule has 0 aliphatic heterocycles. The number of nitrogens with zero attached hydrogens (tertiary/aromatic N) is 10. The van der Waals surface area contributed by atoms with Crippen molar-refractivity contribution in [1.29, 1.82) is 0 Å². The Balaban J connectivity index is 0.000000272. The average Bonchev–Trinajstić information content (AvgIpc) is 1.70. The lowest BCUT2D eigenvalue weighted by Gasteiger charge is -2.27. The third-order valence-electron chi connectivity index (χ3n) is 17.0. The number of rotatable bonds is 24. The molecule has 0 aliphatic rings. The van der Waals surface area contributed by atoms with Gasteiger partial charge in [-0.05, 0) is 146 Å². The molecule has 32 heteroatoms. The zero-order valence-electron chi connectivity index (χ0n) is 70.1. The maximum absolute atomic E-state index is 13.1. The molecule has 29 nitrogen and oxygen atoms in total. The van der Waals surface area contributed by atoms with Gasteiger partial charge in [-0.2, -0.15) is 20.4 Å². The number of hydrogen-bond acceptors (Lipinski definition) is 18. The summed E-state index contributed by atoms with van der Waals surface area (Å²) in [7, 11) is 9.45. The van der Waals surface area contributed by atoms with E-state index in [-0.39, 0.29) is 48.6 Å². The fourth-order valence-corrected chi connectivity index (χ4v) is 11.0. The summed E-state index contributed by atoms with van der Waals surface area (Å²) in [5, 5.41) is 47.1. The minimum atomic E-state index is -0.975. The van der Waals surface area contributed by atoms with E-state index >= 15 is 0 Å². The van der Waals surface area contributed by atoms with Crippen LogP contribution in [0.3, 0.4) is 0 Å². The topological polar surface area (TPSA) is 352 Å². The van der Waals surface area contributed by atoms with Crippen LogP contribution >= 0.6 is 36.4 Å². The van der Waals surface area contributed by atoms with E-state index in [1.807, 2.05) is 267 Å². The minimum absolute atomic E-state index is 0. The largest absolute Gasteiger partial charge is 0.478 e. The van der Waals surface area contributed by atoms with Crippen molar-refractivity contribution in [3.05, 3.63) is 265 Å². The summed E-state index contributed by atoms with van der Waals surface area (Å²) in [4.78, 5) is 103. The predicted octanol–water partition coefficient (Wildman–Crippen LogP) is 17.1. The van der Waals surface area contributed by atoms with Crippen molar-refractivity contribution in [2.24, 2.45) is 0 Å². The maximum Gasteiger partial charge on any atom is 0.410 e. The Labute approximate surface area is 726 Å². The number of aromatic nitrogens is 8. The Kier molecular flexibility index (Phi) is 41.4. The number of ether oxygens (including phenoxy) is 4. The molecule has 0 aliphatic carbocycles. The summed E-state index contributed by atoms with van der Waals surface area (Å²) in [6.07, 6.45) is 11.1. The molecule has 0 atom stereocenters.